The first-order chi connectivity index (χ1) is 15.5. The summed E-state index contributed by atoms with van der Waals surface area (Å²) in [5, 5.41) is 17.1. The minimum absolute atomic E-state index is 0.421. The van der Waals surface area contributed by atoms with E-state index in [1.54, 1.807) is 17.4 Å². The minimum Gasteiger partial charge on any atom is -0.231 e. The van der Waals surface area contributed by atoms with Gasteiger partial charge in [0.25, 0.3) is 0 Å². The number of benzene rings is 2. The number of rotatable bonds is 7. The largest absolute Gasteiger partial charge is 0.231 e. The molecule has 0 bridgehead atoms. The monoisotopic (exact) mass is 548 g/mol. The van der Waals surface area contributed by atoms with Crippen LogP contribution in [0.15, 0.2) is 46.9 Å². The highest BCUT2D eigenvalue weighted by molar-refractivity contribution is 9.10. The molecule has 32 heavy (non-hydrogen) atoms. The smallest absolute Gasteiger partial charge is 0.168 e. The fraction of sp³-hybridized carbons (Fsp3) is 0.292. The zero-order chi connectivity index (χ0) is 22.8. The minimum atomic E-state index is 0.421. The van der Waals surface area contributed by atoms with Gasteiger partial charge in [-0.3, -0.25) is 0 Å². The molecule has 0 amide bonds. The van der Waals surface area contributed by atoms with Crippen LogP contribution in [0.1, 0.15) is 50.1 Å². The Morgan fingerprint density at radius 2 is 1.72 bits per heavy atom. The highest BCUT2D eigenvalue weighted by atomic mass is 79.9. The van der Waals surface area contributed by atoms with E-state index in [4.69, 9.17) is 28.3 Å². The number of nitrogens with zero attached hydrogens (tertiary/aromatic N) is 4. The molecule has 0 atom stereocenters. The molecule has 0 saturated heterocycles. The molecule has 8 heteroatoms. The van der Waals surface area contributed by atoms with E-state index in [1.807, 2.05) is 28.9 Å². The van der Waals surface area contributed by atoms with Crippen molar-refractivity contribution in [1.29, 1.82) is 0 Å². The van der Waals surface area contributed by atoms with E-state index in [1.165, 1.54) is 0 Å². The van der Waals surface area contributed by atoms with Crippen molar-refractivity contribution in [3.63, 3.8) is 0 Å². The molecule has 166 valence electrons. The van der Waals surface area contributed by atoms with Gasteiger partial charge in [-0.15, -0.1) is 10.2 Å². The molecule has 2 aromatic carbocycles. The van der Waals surface area contributed by atoms with Gasteiger partial charge >= 0.3 is 0 Å². The molecular weight excluding hydrogens is 527 g/mol. The highest BCUT2D eigenvalue weighted by Gasteiger charge is 2.25. The van der Waals surface area contributed by atoms with Gasteiger partial charge in [0.05, 0.1) is 16.4 Å². The Morgan fingerprint density at radius 1 is 1.00 bits per heavy atom. The maximum atomic E-state index is 6.60. The second-order valence-corrected chi connectivity index (χ2v) is 10.3. The normalized spacial score (nSPS) is 11.5. The summed E-state index contributed by atoms with van der Waals surface area (Å²) in [5.41, 5.74) is 4.80. The zero-order valence-corrected chi connectivity index (χ0v) is 22.0. The first kappa shape index (κ1) is 23.4. The van der Waals surface area contributed by atoms with Crippen LogP contribution in [0, 0.1) is 0 Å². The first-order valence-corrected chi connectivity index (χ1v) is 13.0. The first-order valence-electron chi connectivity index (χ1n) is 10.6. The van der Waals surface area contributed by atoms with Gasteiger partial charge in [-0.05, 0) is 49.6 Å². The van der Waals surface area contributed by atoms with Crippen molar-refractivity contribution < 1.29 is 0 Å². The summed E-state index contributed by atoms with van der Waals surface area (Å²) >= 11 is 17.9. The summed E-state index contributed by atoms with van der Waals surface area (Å²) in [6, 6.07) is 13.7. The third-order valence-corrected chi connectivity index (χ3v) is 7.73. The highest BCUT2D eigenvalue weighted by Crippen LogP contribution is 2.39. The maximum Gasteiger partial charge on any atom is 0.168 e. The predicted octanol–water partition coefficient (Wildman–Crippen LogP) is 8.59. The second kappa shape index (κ2) is 10.0. The fourth-order valence-electron chi connectivity index (χ4n) is 3.82. The van der Waals surface area contributed by atoms with Gasteiger partial charge in [0.1, 0.15) is 10.7 Å². The molecule has 0 spiro atoms. The lowest BCUT2D eigenvalue weighted by molar-refractivity contribution is 0.630. The molecule has 0 N–H and O–H groups in total. The van der Waals surface area contributed by atoms with Crippen LogP contribution < -0.4 is 0 Å². The van der Waals surface area contributed by atoms with Gasteiger partial charge in [-0.2, -0.15) is 5.10 Å². The van der Waals surface area contributed by atoms with Crippen LogP contribution >= 0.6 is 50.5 Å². The van der Waals surface area contributed by atoms with Gasteiger partial charge in [0.2, 0.25) is 0 Å². The Hall–Kier alpha value is -1.73. The Labute approximate surface area is 210 Å². The third kappa shape index (κ3) is 4.51. The van der Waals surface area contributed by atoms with Crippen molar-refractivity contribution in [3.8, 4) is 27.6 Å². The van der Waals surface area contributed by atoms with Crippen LogP contribution in [0.2, 0.25) is 10.0 Å². The summed E-state index contributed by atoms with van der Waals surface area (Å²) in [4.78, 5) is 0. The zero-order valence-electron chi connectivity index (χ0n) is 18.1. The van der Waals surface area contributed by atoms with E-state index in [0.717, 1.165) is 62.0 Å². The lowest BCUT2D eigenvalue weighted by Crippen LogP contribution is -2.01. The van der Waals surface area contributed by atoms with Crippen LogP contribution in [0.4, 0.5) is 0 Å². The standard InChI is InChI=1S/C24H23BrCl2N4S/c1-4-14(5-2)23-28-29-24(32-23)21-18(6-3)22(15-7-9-16(25)10-8-15)31(30-21)20-12-11-17(26)13-19(20)27/h7-14H,4-6H2,1-3H3. The summed E-state index contributed by atoms with van der Waals surface area (Å²) in [5.74, 6) is 0.421. The molecule has 0 aliphatic carbocycles. The molecule has 2 aromatic heterocycles. The SMILES string of the molecule is CCc1c(-c2nnc(C(CC)CC)s2)nn(-c2ccc(Cl)cc2Cl)c1-c1ccc(Br)cc1. The van der Waals surface area contributed by atoms with Crippen molar-refractivity contribution in [1.82, 2.24) is 20.0 Å². The van der Waals surface area contributed by atoms with Crippen LogP contribution in [0.3, 0.4) is 0 Å². The summed E-state index contributed by atoms with van der Waals surface area (Å²) in [6.07, 6.45) is 2.89. The van der Waals surface area contributed by atoms with Gasteiger partial charge in [0, 0.05) is 26.5 Å². The molecule has 0 fully saturated rings. The van der Waals surface area contributed by atoms with Crippen LogP contribution in [0.25, 0.3) is 27.6 Å². The summed E-state index contributed by atoms with van der Waals surface area (Å²) in [7, 11) is 0. The van der Waals surface area contributed by atoms with Gasteiger partial charge in [0.15, 0.2) is 5.01 Å². The molecule has 4 aromatic rings. The molecule has 0 aliphatic heterocycles. The Morgan fingerprint density at radius 3 is 2.34 bits per heavy atom. The van der Waals surface area contributed by atoms with E-state index >= 15 is 0 Å². The molecule has 0 radical (unpaired) electrons. The number of hydrogen-bond donors (Lipinski definition) is 0. The lowest BCUT2D eigenvalue weighted by atomic mass is 10.0. The van der Waals surface area contributed by atoms with E-state index in [9.17, 15) is 0 Å². The van der Waals surface area contributed by atoms with E-state index in [2.05, 4.69) is 59.0 Å². The van der Waals surface area contributed by atoms with Crippen molar-refractivity contribution in [2.75, 3.05) is 0 Å². The summed E-state index contributed by atoms with van der Waals surface area (Å²) < 4.78 is 2.93. The molecule has 0 saturated carbocycles. The predicted molar refractivity (Wildman–Crippen MR) is 138 cm³/mol. The Bertz CT molecular complexity index is 1230. The molecular formula is C24H23BrCl2N4S. The van der Waals surface area contributed by atoms with Gasteiger partial charge < -0.3 is 0 Å². The van der Waals surface area contributed by atoms with Crippen molar-refractivity contribution >= 4 is 50.5 Å². The molecule has 0 unspecified atom stereocenters. The molecule has 4 nitrogen and oxygen atoms in total. The van der Waals surface area contributed by atoms with E-state index in [0.29, 0.717) is 16.0 Å². The quantitative estimate of drug-likeness (QED) is 0.232. The Balaban J connectivity index is 1.95. The van der Waals surface area contributed by atoms with Crippen molar-refractivity contribution in [2.24, 2.45) is 0 Å². The Kier molecular flexibility index (Phi) is 7.35. The third-order valence-electron chi connectivity index (χ3n) is 5.57. The van der Waals surface area contributed by atoms with Crippen LogP contribution in [-0.4, -0.2) is 20.0 Å². The molecule has 0 aliphatic rings. The second-order valence-electron chi connectivity index (χ2n) is 7.50. The van der Waals surface area contributed by atoms with Crippen molar-refractivity contribution in [3.05, 3.63) is 67.6 Å². The van der Waals surface area contributed by atoms with Crippen LogP contribution in [-0.2, 0) is 6.42 Å². The average molecular weight is 550 g/mol. The molecule has 4 rings (SSSR count). The number of halogens is 3. The fourth-order valence-corrected chi connectivity index (χ4v) is 5.70. The molecule has 2 heterocycles. The number of aromatic nitrogens is 4. The van der Waals surface area contributed by atoms with Crippen LogP contribution in [0.5, 0.6) is 0 Å². The van der Waals surface area contributed by atoms with E-state index < -0.39 is 0 Å². The average Bonchev–Trinajstić information content (AvgIpc) is 3.40. The summed E-state index contributed by atoms with van der Waals surface area (Å²) in [6.45, 7) is 6.52. The topological polar surface area (TPSA) is 43.6 Å². The van der Waals surface area contributed by atoms with Crippen molar-refractivity contribution in [2.45, 2.75) is 46.0 Å². The lowest BCUT2D eigenvalue weighted by Gasteiger charge is -2.11. The van der Waals surface area contributed by atoms with Gasteiger partial charge in [-0.1, -0.05) is 83.4 Å². The number of hydrogen-bond acceptors (Lipinski definition) is 4. The van der Waals surface area contributed by atoms with E-state index in [-0.39, 0.29) is 0 Å². The maximum absolute atomic E-state index is 6.60. The van der Waals surface area contributed by atoms with Gasteiger partial charge in [-0.25, -0.2) is 4.68 Å².